The maximum absolute atomic E-state index is 11.9. The largest absolute Gasteiger partial charge is 0.497 e. The number of aromatic nitrogens is 1. The fourth-order valence-corrected chi connectivity index (χ4v) is 2.68. The zero-order chi connectivity index (χ0) is 15.7. The van der Waals surface area contributed by atoms with E-state index in [4.69, 9.17) is 9.47 Å². The maximum atomic E-state index is 11.9. The van der Waals surface area contributed by atoms with Crippen LogP contribution < -0.4 is 9.47 Å². The van der Waals surface area contributed by atoms with Crippen molar-refractivity contribution in [3.05, 3.63) is 48.7 Å². The predicted octanol–water partition coefficient (Wildman–Crippen LogP) is 3.99. The van der Waals surface area contributed by atoms with Crippen LogP contribution in [0.2, 0.25) is 0 Å². The van der Waals surface area contributed by atoms with Crippen molar-refractivity contribution in [3.8, 4) is 22.6 Å². The number of para-hydroxylation sites is 1. The number of benzene rings is 2. The quantitative estimate of drug-likeness (QED) is 0.733. The topological polar surface area (TPSA) is 40.5 Å². The van der Waals surface area contributed by atoms with Gasteiger partial charge in [0, 0.05) is 29.6 Å². The lowest BCUT2D eigenvalue weighted by molar-refractivity contribution is 0.0942. The van der Waals surface area contributed by atoms with Gasteiger partial charge in [0.15, 0.2) is 0 Å². The first-order valence-electron chi connectivity index (χ1n) is 6.99. The molecule has 0 saturated heterocycles. The summed E-state index contributed by atoms with van der Waals surface area (Å²) in [6.07, 6.45) is 1.85. The van der Waals surface area contributed by atoms with E-state index in [0.29, 0.717) is 0 Å². The summed E-state index contributed by atoms with van der Waals surface area (Å²) in [5.41, 5.74) is 2.73. The van der Waals surface area contributed by atoms with Gasteiger partial charge >= 0.3 is 0 Å². The molecular formula is C18H17NO3. The predicted molar refractivity (Wildman–Crippen MR) is 86.8 cm³/mol. The fraction of sp³-hybridized carbons (Fsp3) is 0.167. The minimum Gasteiger partial charge on any atom is -0.497 e. The average Bonchev–Trinajstić information content (AvgIpc) is 2.94. The van der Waals surface area contributed by atoms with Crippen molar-refractivity contribution in [1.29, 1.82) is 0 Å². The summed E-state index contributed by atoms with van der Waals surface area (Å²) in [4.78, 5) is 11.9. The molecule has 0 unspecified atom stereocenters. The molecule has 112 valence electrons. The number of hydrogen-bond donors (Lipinski definition) is 0. The van der Waals surface area contributed by atoms with Crippen LogP contribution in [0, 0.1) is 0 Å². The van der Waals surface area contributed by atoms with Gasteiger partial charge in [-0.05, 0) is 24.3 Å². The van der Waals surface area contributed by atoms with Crippen molar-refractivity contribution < 1.29 is 14.3 Å². The molecule has 1 heterocycles. The van der Waals surface area contributed by atoms with Gasteiger partial charge < -0.3 is 9.47 Å². The van der Waals surface area contributed by atoms with Crippen LogP contribution >= 0.6 is 0 Å². The van der Waals surface area contributed by atoms with Gasteiger partial charge in [-0.3, -0.25) is 9.36 Å². The van der Waals surface area contributed by atoms with Crippen LogP contribution in [0.25, 0.3) is 22.0 Å². The van der Waals surface area contributed by atoms with Crippen molar-refractivity contribution in [3.63, 3.8) is 0 Å². The maximum Gasteiger partial charge on any atom is 0.227 e. The summed E-state index contributed by atoms with van der Waals surface area (Å²) in [6.45, 7) is 1.55. The van der Waals surface area contributed by atoms with E-state index < -0.39 is 0 Å². The van der Waals surface area contributed by atoms with E-state index in [0.717, 1.165) is 33.5 Å². The number of methoxy groups -OCH3 is 2. The third kappa shape index (κ3) is 2.22. The zero-order valence-electron chi connectivity index (χ0n) is 12.8. The van der Waals surface area contributed by atoms with Crippen LogP contribution in [0.1, 0.15) is 11.7 Å². The van der Waals surface area contributed by atoms with Gasteiger partial charge in [0.2, 0.25) is 5.91 Å². The summed E-state index contributed by atoms with van der Waals surface area (Å²) in [5, 5.41) is 1.00. The molecule has 4 nitrogen and oxygen atoms in total. The van der Waals surface area contributed by atoms with Gasteiger partial charge in [0.25, 0.3) is 0 Å². The lowest BCUT2D eigenvalue weighted by atomic mass is 10.0. The van der Waals surface area contributed by atoms with E-state index >= 15 is 0 Å². The number of fused-ring (bicyclic) bond motifs is 1. The number of hydrogen-bond acceptors (Lipinski definition) is 3. The molecule has 0 aliphatic carbocycles. The third-order valence-corrected chi connectivity index (χ3v) is 3.75. The molecule has 3 aromatic rings. The molecule has 0 radical (unpaired) electrons. The van der Waals surface area contributed by atoms with E-state index in [-0.39, 0.29) is 5.91 Å². The highest BCUT2D eigenvalue weighted by Crippen LogP contribution is 2.38. The molecule has 0 amide bonds. The van der Waals surface area contributed by atoms with Crippen LogP contribution in [-0.4, -0.2) is 24.7 Å². The van der Waals surface area contributed by atoms with Crippen LogP contribution in [0.4, 0.5) is 0 Å². The smallest absolute Gasteiger partial charge is 0.227 e. The van der Waals surface area contributed by atoms with E-state index in [9.17, 15) is 4.79 Å². The molecule has 0 atom stereocenters. The second kappa shape index (κ2) is 5.56. The standard InChI is InChI=1S/C18H17NO3/c1-12(20)19-11-16(14-6-4-5-7-17(14)19)15-10-13(21-2)8-9-18(15)22-3/h4-11H,1-3H3. The Kier molecular flexibility index (Phi) is 3.59. The first-order valence-corrected chi connectivity index (χ1v) is 6.99. The minimum atomic E-state index is -0.0238. The second-order valence-electron chi connectivity index (χ2n) is 5.02. The Labute approximate surface area is 128 Å². The Morgan fingerprint density at radius 2 is 1.77 bits per heavy atom. The van der Waals surface area contributed by atoms with Crippen LogP contribution in [-0.2, 0) is 0 Å². The van der Waals surface area contributed by atoms with Crippen molar-refractivity contribution in [2.45, 2.75) is 6.92 Å². The van der Waals surface area contributed by atoms with Crippen LogP contribution in [0.5, 0.6) is 11.5 Å². The van der Waals surface area contributed by atoms with Gasteiger partial charge in [0.05, 0.1) is 19.7 Å². The average molecular weight is 295 g/mol. The van der Waals surface area contributed by atoms with Gasteiger partial charge in [-0.2, -0.15) is 0 Å². The zero-order valence-corrected chi connectivity index (χ0v) is 12.8. The molecule has 0 saturated carbocycles. The van der Waals surface area contributed by atoms with Crippen molar-refractivity contribution in [2.24, 2.45) is 0 Å². The Morgan fingerprint density at radius 1 is 1.00 bits per heavy atom. The molecule has 22 heavy (non-hydrogen) atoms. The Hall–Kier alpha value is -2.75. The molecule has 0 aliphatic heterocycles. The molecule has 0 bridgehead atoms. The van der Waals surface area contributed by atoms with E-state index in [2.05, 4.69) is 0 Å². The number of carbonyl (C=O) groups excluding carboxylic acids is 1. The molecule has 0 N–H and O–H groups in total. The highest BCUT2D eigenvalue weighted by atomic mass is 16.5. The monoisotopic (exact) mass is 295 g/mol. The fourth-order valence-electron chi connectivity index (χ4n) is 2.68. The number of carbonyl (C=O) groups is 1. The molecule has 1 aromatic heterocycles. The Balaban J connectivity index is 2.33. The van der Waals surface area contributed by atoms with E-state index in [1.54, 1.807) is 25.7 Å². The highest BCUT2D eigenvalue weighted by Gasteiger charge is 2.16. The molecule has 4 heteroatoms. The summed E-state index contributed by atoms with van der Waals surface area (Å²) in [7, 11) is 3.26. The van der Waals surface area contributed by atoms with Gasteiger partial charge in [-0.25, -0.2) is 0 Å². The molecule has 3 rings (SSSR count). The second-order valence-corrected chi connectivity index (χ2v) is 5.02. The highest BCUT2D eigenvalue weighted by molar-refractivity contribution is 6.02. The summed E-state index contributed by atoms with van der Waals surface area (Å²) in [6, 6.07) is 13.5. The van der Waals surface area contributed by atoms with E-state index in [1.807, 2.05) is 48.7 Å². The van der Waals surface area contributed by atoms with Crippen molar-refractivity contribution >= 4 is 16.8 Å². The molecular weight excluding hydrogens is 278 g/mol. The Morgan fingerprint density at radius 3 is 2.45 bits per heavy atom. The molecule has 2 aromatic carbocycles. The number of rotatable bonds is 3. The first-order chi connectivity index (χ1) is 10.7. The first kappa shape index (κ1) is 14.2. The van der Waals surface area contributed by atoms with Gasteiger partial charge in [-0.1, -0.05) is 18.2 Å². The van der Waals surface area contributed by atoms with Gasteiger partial charge in [0.1, 0.15) is 11.5 Å². The third-order valence-electron chi connectivity index (χ3n) is 3.75. The van der Waals surface area contributed by atoms with Crippen molar-refractivity contribution in [2.75, 3.05) is 14.2 Å². The summed E-state index contributed by atoms with van der Waals surface area (Å²) in [5.74, 6) is 1.46. The van der Waals surface area contributed by atoms with E-state index in [1.165, 1.54) is 0 Å². The summed E-state index contributed by atoms with van der Waals surface area (Å²) < 4.78 is 12.4. The lowest BCUT2D eigenvalue weighted by Crippen LogP contribution is -2.02. The number of nitrogens with zero attached hydrogens (tertiary/aromatic N) is 1. The SMILES string of the molecule is COc1ccc(OC)c(-c2cn(C(C)=O)c3ccccc23)c1. The molecule has 0 aliphatic rings. The van der Waals surface area contributed by atoms with Crippen LogP contribution in [0.3, 0.4) is 0 Å². The number of ether oxygens (including phenoxy) is 2. The minimum absolute atomic E-state index is 0.0238. The summed E-state index contributed by atoms with van der Waals surface area (Å²) >= 11 is 0. The lowest BCUT2D eigenvalue weighted by Gasteiger charge is -2.09. The van der Waals surface area contributed by atoms with Crippen LogP contribution in [0.15, 0.2) is 48.7 Å². The molecule has 0 spiro atoms. The van der Waals surface area contributed by atoms with Gasteiger partial charge in [-0.15, -0.1) is 0 Å². The van der Waals surface area contributed by atoms with Crippen molar-refractivity contribution in [1.82, 2.24) is 4.57 Å². The normalized spacial score (nSPS) is 10.7. The molecule has 0 fully saturated rings. The Bertz CT molecular complexity index is 849.